The maximum Gasteiger partial charge on any atom is 0.0465 e. The lowest BCUT2D eigenvalue weighted by Gasteiger charge is -2.28. The zero-order valence-corrected chi connectivity index (χ0v) is 44.2. The van der Waals surface area contributed by atoms with Crippen LogP contribution in [0, 0.1) is 13.8 Å². The first-order valence-electron chi connectivity index (χ1n) is 26.2. The van der Waals surface area contributed by atoms with Crippen molar-refractivity contribution in [3.8, 4) is 22.3 Å². The summed E-state index contributed by atoms with van der Waals surface area (Å²) in [6.45, 7) is 13.8. The summed E-state index contributed by atoms with van der Waals surface area (Å²) in [7, 11) is 0. The van der Waals surface area contributed by atoms with Crippen LogP contribution in [0.25, 0.3) is 66.7 Å². The van der Waals surface area contributed by atoms with E-state index in [1.165, 1.54) is 109 Å². The van der Waals surface area contributed by atoms with Gasteiger partial charge in [0.25, 0.3) is 0 Å². The van der Waals surface area contributed by atoms with Crippen LogP contribution in [-0.2, 0) is 10.8 Å². The lowest BCUT2D eigenvalue weighted by molar-refractivity contribution is 0.660. The zero-order valence-electron chi connectivity index (χ0n) is 43.4. The Bertz CT molecular complexity index is 3800. The first-order valence-corrected chi connectivity index (χ1v) is 27.0. The second-order valence-corrected chi connectivity index (χ2v) is 22.7. The van der Waals surface area contributed by atoms with Crippen LogP contribution in [-0.4, -0.2) is 0 Å². The van der Waals surface area contributed by atoms with Crippen molar-refractivity contribution >= 4 is 89.9 Å². The molecule has 0 spiro atoms. The molecule has 0 saturated heterocycles. The summed E-state index contributed by atoms with van der Waals surface area (Å²) in [5, 5.41) is 2.60. The van der Waals surface area contributed by atoms with E-state index in [1.807, 2.05) is 11.3 Å². The maximum absolute atomic E-state index is 2.41. The van der Waals surface area contributed by atoms with Gasteiger partial charge in [-0.25, -0.2) is 0 Å². The number of fused-ring (bicyclic) bond motifs is 9. The number of nitrogens with zero attached hydrogens (tertiary/aromatic N) is 2. The highest BCUT2D eigenvalue weighted by atomic mass is 32.1. The van der Waals surface area contributed by atoms with Crippen LogP contribution in [0.1, 0.15) is 83.3 Å². The topological polar surface area (TPSA) is 6.48 Å². The quantitative estimate of drug-likeness (QED) is 0.126. The minimum Gasteiger partial charge on any atom is -0.310 e. The van der Waals surface area contributed by atoms with Gasteiger partial charge in [0.2, 0.25) is 0 Å². The molecule has 0 radical (unpaired) electrons. The van der Waals surface area contributed by atoms with Crippen LogP contribution >= 0.6 is 11.3 Å². The van der Waals surface area contributed by atoms with Gasteiger partial charge in [-0.3, -0.25) is 0 Å². The third-order valence-electron chi connectivity index (χ3n) is 16.0. The summed E-state index contributed by atoms with van der Waals surface area (Å²) >= 11 is 1.87. The predicted octanol–water partition coefficient (Wildman–Crippen LogP) is 20.6. The van der Waals surface area contributed by atoms with Gasteiger partial charge in [0.15, 0.2) is 0 Å². The number of hydrogen-bond donors (Lipinski definition) is 0. The highest BCUT2D eigenvalue weighted by Crippen LogP contribution is 2.53. The number of para-hydroxylation sites is 2. The molecule has 11 aromatic rings. The van der Waals surface area contributed by atoms with Crippen molar-refractivity contribution in [2.75, 3.05) is 9.80 Å². The lowest BCUT2D eigenvalue weighted by Crippen LogP contribution is -2.16. The molecule has 75 heavy (non-hydrogen) atoms. The largest absolute Gasteiger partial charge is 0.310 e. The smallest absolute Gasteiger partial charge is 0.0465 e. The van der Waals surface area contributed by atoms with Crippen molar-refractivity contribution in [3.63, 3.8) is 0 Å². The zero-order chi connectivity index (χ0) is 51.0. The molecule has 0 aliphatic heterocycles. The number of hydrogen-bond acceptors (Lipinski definition) is 3. The van der Waals surface area contributed by atoms with Crippen molar-refractivity contribution < 1.29 is 0 Å². The second-order valence-electron chi connectivity index (χ2n) is 21.6. The molecule has 10 aromatic carbocycles. The molecule has 2 aliphatic carbocycles. The van der Waals surface area contributed by atoms with Crippen molar-refractivity contribution in [2.45, 2.75) is 52.4 Å². The van der Waals surface area contributed by atoms with Gasteiger partial charge in [-0.2, -0.15) is 0 Å². The standard InChI is InChI=1S/C72H58N2S/c1-47-17-29-55(30-18-47)73(53-13-9-7-10-14-53)57-33-37-61-59-35-25-51(43-65(59)71(3,4)67(61)45-57)23-21-49-27-39-69-63(41-49)64-42-50(28-40-70(64)75-69)22-24-52-26-36-60-62-38-34-58(46-68(62)72(5,6)66(60)44-52)74(54-15-11-8-12-16-54)56-31-19-48(2)20-32-56/h7-46H,1-6H3/b23-21+,24-22+. The molecule has 2 nitrogen and oxygen atoms in total. The van der Waals surface area contributed by atoms with E-state index in [2.05, 4.69) is 294 Å². The average Bonchev–Trinajstić information content (AvgIpc) is 4.10. The number of rotatable bonds is 10. The Morgan fingerprint density at radius 1 is 0.307 bits per heavy atom. The Hall–Kier alpha value is -8.50. The summed E-state index contributed by atoms with van der Waals surface area (Å²) in [6.07, 6.45) is 9.12. The van der Waals surface area contributed by atoms with E-state index in [0.29, 0.717) is 0 Å². The van der Waals surface area contributed by atoms with Crippen molar-refractivity contribution in [1.29, 1.82) is 0 Å². The van der Waals surface area contributed by atoms with Gasteiger partial charge >= 0.3 is 0 Å². The van der Waals surface area contributed by atoms with E-state index in [4.69, 9.17) is 0 Å². The van der Waals surface area contributed by atoms with E-state index in [-0.39, 0.29) is 10.8 Å². The molecule has 1 heterocycles. The van der Waals surface area contributed by atoms with E-state index in [9.17, 15) is 0 Å². The van der Waals surface area contributed by atoms with Gasteiger partial charge < -0.3 is 9.80 Å². The summed E-state index contributed by atoms with van der Waals surface area (Å²) in [5.41, 5.74) is 24.7. The molecule has 362 valence electrons. The average molecular weight is 983 g/mol. The summed E-state index contributed by atoms with van der Waals surface area (Å²) in [5.74, 6) is 0. The Morgan fingerprint density at radius 2 is 0.613 bits per heavy atom. The van der Waals surface area contributed by atoms with Crippen LogP contribution in [0.15, 0.2) is 218 Å². The third-order valence-corrected chi connectivity index (χ3v) is 17.1. The van der Waals surface area contributed by atoms with Gasteiger partial charge in [-0.05, 0) is 178 Å². The van der Waals surface area contributed by atoms with E-state index >= 15 is 0 Å². The summed E-state index contributed by atoms with van der Waals surface area (Å²) in [4.78, 5) is 4.74. The molecule has 0 amide bonds. The molecule has 0 N–H and O–H groups in total. The minimum absolute atomic E-state index is 0.164. The first-order chi connectivity index (χ1) is 36.5. The van der Waals surface area contributed by atoms with Crippen LogP contribution in [0.3, 0.4) is 0 Å². The second kappa shape index (κ2) is 18.2. The van der Waals surface area contributed by atoms with E-state index in [1.54, 1.807) is 0 Å². The first kappa shape index (κ1) is 46.3. The molecule has 0 atom stereocenters. The Labute approximate surface area is 445 Å². The lowest BCUT2D eigenvalue weighted by atomic mass is 9.81. The summed E-state index contributed by atoms with van der Waals surface area (Å²) < 4.78 is 2.62. The molecule has 0 saturated carbocycles. The van der Waals surface area contributed by atoms with Gasteiger partial charge in [0, 0.05) is 65.1 Å². The SMILES string of the molecule is Cc1ccc(N(c2ccccc2)c2ccc3c(c2)C(C)(C)c2cc(/C=C/c4ccc5sc6ccc(/C=C/c7ccc8c(c7)C(C)(C)c7cc(N(c9ccccc9)c9ccc(C)cc9)ccc7-8)cc6c5c4)ccc2-3)cc1. The van der Waals surface area contributed by atoms with Crippen LogP contribution in [0.2, 0.25) is 0 Å². The molecule has 0 fully saturated rings. The molecule has 3 heteroatoms. The van der Waals surface area contributed by atoms with Crippen molar-refractivity contribution in [1.82, 2.24) is 0 Å². The molecule has 0 unspecified atom stereocenters. The summed E-state index contributed by atoms with van der Waals surface area (Å²) in [6, 6.07) is 81.0. The number of benzene rings is 10. The van der Waals surface area contributed by atoms with Crippen molar-refractivity contribution in [3.05, 3.63) is 274 Å². The van der Waals surface area contributed by atoms with Gasteiger partial charge in [0.1, 0.15) is 0 Å². The number of thiophene rings is 1. The van der Waals surface area contributed by atoms with Crippen LogP contribution in [0.5, 0.6) is 0 Å². The van der Waals surface area contributed by atoms with Crippen molar-refractivity contribution in [2.24, 2.45) is 0 Å². The highest BCUT2D eigenvalue weighted by molar-refractivity contribution is 7.25. The highest BCUT2D eigenvalue weighted by Gasteiger charge is 2.37. The fourth-order valence-corrected chi connectivity index (χ4v) is 12.9. The fourth-order valence-electron chi connectivity index (χ4n) is 11.8. The minimum atomic E-state index is -0.164. The molecular formula is C72H58N2S. The Balaban J connectivity index is 0.750. The van der Waals surface area contributed by atoms with Crippen LogP contribution in [0.4, 0.5) is 34.1 Å². The normalized spacial score (nSPS) is 13.8. The van der Waals surface area contributed by atoms with E-state index < -0.39 is 0 Å². The third kappa shape index (κ3) is 8.20. The molecule has 0 bridgehead atoms. The molecule has 1 aromatic heterocycles. The predicted molar refractivity (Wildman–Crippen MR) is 324 cm³/mol. The maximum atomic E-state index is 2.41. The molecular weight excluding hydrogens is 925 g/mol. The Kier molecular flexibility index (Phi) is 11.2. The van der Waals surface area contributed by atoms with Gasteiger partial charge in [-0.15, -0.1) is 11.3 Å². The van der Waals surface area contributed by atoms with Crippen LogP contribution < -0.4 is 9.80 Å². The molecule has 2 aliphatic rings. The number of aryl methyl sites for hydroxylation is 2. The monoisotopic (exact) mass is 982 g/mol. The van der Waals surface area contributed by atoms with E-state index in [0.717, 1.165) is 22.7 Å². The van der Waals surface area contributed by atoms with Gasteiger partial charge in [-0.1, -0.05) is 184 Å². The molecule has 13 rings (SSSR count). The number of anilines is 6. The van der Waals surface area contributed by atoms with Gasteiger partial charge in [0.05, 0.1) is 0 Å². The Morgan fingerprint density at radius 3 is 1.00 bits per heavy atom. The fraction of sp³-hybridized carbons (Fsp3) is 0.111.